The van der Waals surface area contributed by atoms with Crippen molar-refractivity contribution in [1.82, 2.24) is 0 Å². The number of benzene rings is 10. The van der Waals surface area contributed by atoms with E-state index in [0.29, 0.717) is 0 Å². The van der Waals surface area contributed by atoms with Gasteiger partial charge in [-0.25, -0.2) is 0 Å². The first-order valence-electron chi connectivity index (χ1n) is 21.9. The van der Waals surface area contributed by atoms with Crippen molar-refractivity contribution in [1.29, 1.82) is 0 Å². The minimum atomic E-state index is -0.0510. The SMILES string of the molecule is CC(C)(C)c1ccc(N(c2ccccc2-c2ccccc2-c2ccccc2-c2ccccc2)c2ccccc2-c2cccc3cccc(-c4ccccc4)c23)c(-c2ccccc2)c1. The Kier molecular flexibility index (Phi) is 10.6. The highest BCUT2D eigenvalue weighted by atomic mass is 15.1. The van der Waals surface area contributed by atoms with Gasteiger partial charge in [-0.15, -0.1) is 0 Å². The molecule has 1 heteroatoms. The third kappa shape index (κ3) is 7.64. The Labute approximate surface area is 372 Å². The Morgan fingerprint density at radius 1 is 0.270 bits per heavy atom. The lowest BCUT2D eigenvalue weighted by atomic mass is 9.84. The molecule has 0 aliphatic heterocycles. The second-order valence-corrected chi connectivity index (χ2v) is 17.3. The van der Waals surface area contributed by atoms with Crippen molar-refractivity contribution in [2.75, 3.05) is 4.90 Å². The molecule has 302 valence electrons. The van der Waals surface area contributed by atoms with Gasteiger partial charge in [-0.3, -0.25) is 0 Å². The third-order valence-corrected chi connectivity index (χ3v) is 12.3. The third-order valence-electron chi connectivity index (χ3n) is 12.3. The van der Waals surface area contributed by atoms with Gasteiger partial charge in [0.2, 0.25) is 0 Å². The molecular formula is C62H49N. The van der Waals surface area contributed by atoms with Crippen molar-refractivity contribution in [2.45, 2.75) is 26.2 Å². The fourth-order valence-corrected chi connectivity index (χ4v) is 9.19. The minimum Gasteiger partial charge on any atom is -0.309 e. The lowest BCUT2D eigenvalue weighted by Crippen LogP contribution is -2.16. The molecule has 0 fully saturated rings. The van der Waals surface area contributed by atoms with Gasteiger partial charge in [-0.05, 0) is 96.1 Å². The number of nitrogens with zero attached hydrogens (tertiary/aromatic N) is 1. The number of fused-ring (bicyclic) bond motifs is 1. The molecule has 0 aliphatic carbocycles. The number of hydrogen-bond donors (Lipinski definition) is 0. The van der Waals surface area contributed by atoms with E-state index in [4.69, 9.17) is 0 Å². The molecule has 0 atom stereocenters. The molecule has 0 radical (unpaired) electrons. The second-order valence-electron chi connectivity index (χ2n) is 17.3. The van der Waals surface area contributed by atoms with Crippen LogP contribution in [0.4, 0.5) is 17.1 Å². The van der Waals surface area contributed by atoms with E-state index in [0.717, 1.165) is 28.2 Å². The van der Waals surface area contributed by atoms with Gasteiger partial charge in [0, 0.05) is 16.7 Å². The molecule has 0 spiro atoms. The minimum absolute atomic E-state index is 0.0510. The van der Waals surface area contributed by atoms with Gasteiger partial charge < -0.3 is 4.90 Å². The summed E-state index contributed by atoms with van der Waals surface area (Å²) in [5.74, 6) is 0. The molecule has 0 amide bonds. The summed E-state index contributed by atoms with van der Waals surface area (Å²) in [5, 5.41) is 2.45. The van der Waals surface area contributed by atoms with Crippen molar-refractivity contribution < 1.29 is 0 Å². The lowest BCUT2D eigenvalue weighted by Gasteiger charge is -2.33. The van der Waals surface area contributed by atoms with E-state index in [2.05, 4.69) is 268 Å². The first-order valence-corrected chi connectivity index (χ1v) is 21.9. The standard InChI is InChI=1S/C62H49N/c1-62(2,3)48-41-42-60(57(43-48)46-27-11-6-12-28-46)63(59-40-20-18-36-55(59)56-38-22-30-47-29-21-37-50(61(47)56)45-25-9-5-10-26-45)58-39-19-17-35-54(58)53-34-16-15-33-52(53)51-32-14-13-31-49(51)44-23-7-4-8-24-44/h4-43H,1-3H3. The fourth-order valence-electron chi connectivity index (χ4n) is 9.19. The highest BCUT2D eigenvalue weighted by Crippen LogP contribution is 2.51. The van der Waals surface area contributed by atoms with Crippen LogP contribution < -0.4 is 4.90 Å². The zero-order valence-corrected chi connectivity index (χ0v) is 36.0. The van der Waals surface area contributed by atoms with Crippen LogP contribution in [0.2, 0.25) is 0 Å². The molecule has 1 nitrogen and oxygen atoms in total. The monoisotopic (exact) mass is 807 g/mol. The Hall–Kier alpha value is -7.74. The highest BCUT2D eigenvalue weighted by molar-refractivity contribution is 6.10. The maximum atomic E-state index is 2.53. The quantitative estimate of drug-likeness (QED) is 0.140. The molecule has 10 aromatic carbocycles. The van der Waals surface area contributed by atoms with Gasteiger partial charge in [-0.2, -0.15) is 0 Å². The lowest BCUT2D eigenvalue weighted by molar-refractivity contribution is 0.590. The molecule has 10 rings (SSSR count). The van der Waals surface area contributed by atoms with E-state index in [1.165, 1.54) is 72.0 Å². The normalized spacial score (nSPS) is 11.4. The van der Waals surface area contributed by atoms with Gasteiger partial charge in [0.25, 0.3) is 0 Å². The maximum Gasteiger partial charge on any atom is 0.0540 e. The molecule has 63 heavy (non-hydrogen) atoms. The smallest absolute Gasteiger partial charge is 0.0540 e. The predicted molar refractivity (Wildman–Crippen MR) is 270 cm³/mol. The summed E-state index contributed by atoms with van der Waals surface area (Å²) in [6.07, 6.45) is 0. The Morgan fingerprint density at radius 3 is 1.17 bits per heavy atom. The number of anilines is 3. The molecule has 0 saturated carbocycles. The van der Waals surface area contributed by atoms with Crippen LogP contribution in [0.3, 0.4) is 0 Å². The van der Waals surface area contributed by atoms with Crippen molar-refractivity contribution in [2.24, 2.45) is 0 Å². The average Bonchev–Trinajstić information content (AvgIpc) is 3.34. The molecule has 0 saturated heterocycles. The van der Waals surface area contributed by atoms with Gasteiger partial charge in [0.15, 0.2) is 0 Å². The number of rotatable bonds is 9. The first-order chi connectivity index (χ1) is 30.9. The molecule has 0 aromatic heterocycles. The van der Waals surface area contributed by atoms with Gasteiger partial charge in [0.05, 0.1) is 17.1 Å². The zero-order valence-electron chi connectivity index (χ0n) is 36.0. The van der Waals surface area contributed by atoms with E-state index < -0.39 is 0 Å². The summed E-state index contributed by atoms with van der Waals surface area (Å²) in [5.41, 5.74) is 18.8. The van der Waals surface area contributed by atoms with E-state index in [9.17, 15) is 0 Å². The van der Waals surface area contributed by atoms with E-state index in [1.807, 2.05) is 0 Å². The van der Waals surface area contributed by atoms with Crippen molar-refractivity contribution >= 4 is 27.8 Å². The van der Waals surface area contributed by atoms with Gasteiger partial charge in [0.1, 0.15) is 0 Å². The summed E-state index contributed by atoms with van der Waals surface area (Å²) < 4.78 is 0. The van der Waals surface area contributed by atoms with Gasteiger partial charge in [-0.1, -0.05) is 239 Å². The molecule has 0 heterocycles. The van der Waals surface area contributed by atoms with Gasteiger partial charge >= 0.3 is 0 Å². The molecule has 0 unspecified atom stereocenters. The second kappa shape index (κ2) is 17.0. The molecule has 0 aliphatic rings. The summed E-state index contributed by atoms with van der Waals surface area (Å²) in [6.45, 7) is 6.90. The fraction of sp³-hybridized carbons (Fsp3) is 0.0645. The average molecular weight is 808 g/mol. The summed E-state index contributed by atoms with van der Waals surface area (Å²) >= 11 is 0. The molecule has 10 aromatic rings. The molecule has 0 N–H and O–H groups in total. The Morgan fingerprint density at radius 2 is 0.635 bits per heavy atom. The van der Waals surface area contributed by atoms with Crippen LogP contribution >= 0.6 is 0 Å². The zero-order chi connectivity index (χ0) is 42.8. The van der Waals surface area contributed by atoms with Crippen LogP contribution in [0.1, 0.15) is 26.3 Å². The van der Waals surface area contributed by atoms with Crippen LogP contribution in [0, 0.1) is 0 Å². The Bertz CT molecular complexity index is 3190. The largest absolute Gasteiger partial charge is 0.309 e. The van der Waals surface area contributed by atoms with Crippen LogP contribution in [-0.4, -0.2) is 0 Å². The Balaban J connectivity index is 1.28. The van der Waals surface area contributed by atoms with Crippen LogP contribution in [0.25, 0.3) is 77.5 Å². The summed E-state index contributed by atoms with van der Waals surface area (Å²) in [7, 11) is 0. The number of para-hydroxylation sites is 2. The van der Waals surface area contributed by atoms with Crippen LogP contribution in [-0.2, 0) is 5.41 Å². The molecule has 0 bridgehead atoms. The van der Waals surface area contributed by atoms with Crippen molar-refractivity contribution in [3.05, 3.63) is 248 Å². The first kappa shape index (κ1) is 39.4. The van der Waals surface area contributed by atoms with E-state index in [1.54, 1.807) is 0 Å². The summed E-state index contributed by atoms with van der Waals surface area (Å²) in [4.78, 5) is 2.53. The van der Waals surface area contributed by atoms with Crippen LogP contribution in [0.5, 0.6) is 0 Å². The van der Waals surface area contributed by atoms with E-state index in [-0.39, 0.29) is 5.41 Å². The predicted octanol–water partition coefficient (Wildman–Crippen LogP) is 17.6. The van der Waals surface area contributed by atoms with E-state index >= 15 is 0 Å². The number of hydrogen-bond acceptors (Lipinski definition) is 1. The molecular weight excluding hydrogens is 759 g/mol. The van der Waals surface area contributed by atoms with Crippen molar-refractivity contribution in [3.8, 4) is 66.8 Å². The summed E-state index contributed by atoms with van der Waals surface area (Å²) in [6, 6.07) is 88.6. The van der Waals surface area contributed by atoms with Crippen molar-refractivity contribution in [3.63, 3.8) is 0 Å². The highest BCUT2D eigenvalue weighted by Gasteiger charge is 2.27. The maximum absolute atomic E-state index is 2.53. The topological polar surface area (TPSA) is 3.24 Å². The van der Waals surface area contributed by atoms with Crippen LogP contribution in [0.15, 0.2) is 243 Å².